The fourth-order valence-electron chi connectivity index (χ4n) is 1.51. The molecule has 0 aliphatic heterocycles. The van der Waals surface area contributed by atoms with Crippen LogP contribution in [0.25, 0.3) is 0 Å². The summed E-state index contributed by atoms with van der Waals surface area (Å²) < 4.78 is 5.07. The molecule has 17 heavy (non-hydrogen) atoms. The molecule has 0 radical (unpaired) electrons. The van der Waals surface area contributed by atoms with E-state index < -0.39 is 0 Å². The van der Waals surface area contributed by atoms with E-state index >= 15 is 0 Å². The van der Waals surface area contributed by atoms with Crippen LogP contribution in [0, 0.1) is 6.92 Å². The first-order valence-corrected chi connectivity index (χ1v) is 5.13. The maximum atomic E-state index is 12.1. The number of carbonyl (C=O) groups is 1. The van der Waals surface area contributed by atoms with Gasteiger partial charge in [0.05, 0.1) is 5.69 Å². The van der Waals surface area contributed by atoms with E-state index in [0.717, 1.165) is 0 Å². The summed E-state index contributed by atoms with van der Waals surface area (Å²) in [5.41, 5.74) is 7.57. The van der Waals surface area contributed by atoms with Gasteiger partial charge in [0.15, 0.2) is 6.39 Å². The molecule has 1 aromatic carbocycles. The van der Waals surface area contributed by atoms with Crippen LogP contribution in [-0.2, 0) is 0 Å². The van der Waals surface area contributed by atoms with E-state index in [1.165, 1.54) is 11.3 Å². The predicted molar refractivity (Wildman–Crippen MR) is 64.8 cm³/mol. The molecule has 0 saturated carbocycles. The first-order chi connectivity index (χ1) is 8.09. The van der Waals surface area contributed by atoms with Gasteiger partial charge in [-0.15, -0.1) is 0 Å². The number of carbonyl (C=O) groups excluding carboxylic acids is 1. The fourth-order valence-corrected chi connectivity index (χ4v) is 1.51. The molecular formula is C12H13N3O2. The molecule has 5 nitrogen and oxygen atoms in total. The van der Waals surface area contributed by atoms with Crippen molar-refractivity contribution in [2.75, 3.05) is 17.7 Å². The molecule has 0 aliphatic carbocycles. The Morgan fingerprint density at radius 1 is 1.47 bits per heavy atom. The molecule has 0 unspecified atom stereocenters. The van der Waals surface area contributed by atoms with Gasteiger partial charge in [-0.3, -0.25) is 4.79 Å². The summed E-state index contributed by atoms with van der Waals surface area (Å²) in [6.07, 6.45) is 1.26. The van der Waals surface area contributed by atoms with E-state index in [1.54, 1.807) is 38.2 Å². The quantitative estimate of drug-likeness (QED) is 0.800. The zero-order chi connectivity index (χ0) is 12.4. The van der Waals surface area contributed by atoms with Crippen LogP contribution in [0.4, 0.5) is 11.4 Å². The van der Waals surface area contributed by atoms with Crippen LogP contribution in [0.5, 0.6) is 0 Å². The number of amides is 1. The van der Waals surface area contributed by atoms with Crippen molar-refractivity contribution >= 4 is 17.3 Å². The van der Waals surface area contributed by atoms with Gasteiger partial charge in [-0.2, -0.15) is 0 Å². The van der Waals surface area contributed by atoms with Crippen molar-refractivity contribution in [3.8, 4) is 0 Å². The molecule has 5 heteroatoms. The van der Waals surface area contributed by atoms with E-state index in [1.807, 2.05) is 0 Å². The zero-order valence-electron chi connectivity index (χ0n) is 9.68. The second-order valence-corrected chi connectivity index (χ2v) is 3.73. The van der Waals surface area contributed by atoms with Crippen molar-refractivity contribution < 1.29 is 9.21 Å². The van der Waals surface area contributed by atoms with Crippen molar-refractivity contribution in [2.45, 2.75) is 6.92 Å². The molecule has 1 heterocycles. The summed E-state index contributed by atoms with van der Waals surface area (Å²) in [5, 5.41) is 0. The Morgan fingerprint density at radius 3 is 2.82 bits per heavy atom. The van der Waals surface area contributed by atoms with E-state index in [4.69, 9.17) is 10.2 Å². The number of anilines is 2. The molecule has 0 saturated heterocycles. The van der Waals surface area contributed by atoms with Crippen LogP contribution in [0.3, 0.4) is 0 Å². The molecule has 1 amide bonds. The van der Waals surface area contributed by atoms with Gasteiger partial charge in [-0.25, -0.2) is 4.98 Å². The van der Waals surface area contributed by atoms with Crippen molar-refractivity contribution in [3.05, 3.63) is 42.1 Å². The number of nitrogen functional groups attached to an aromatic ring is 1. The third-order valence-electron chi connectivity index (χ3n) is 2.50. The van der Waals surface area contributed by atoms with Crippen LogP contribution < -0.4 is 10.6 Å². The summed E-state index contributed by atoms with van der Waals surface area (Å²) in [7, 11) is 1.67. The normalized spacial score (nSPS) is 10.2. The maximum Gasteiger partial charge on any atom is 0.295 e. The Hall–Kier alpha value is -2.30. The SMILES string of the molecule is Cc1ncoc1C(=O)N(C)c1cccc(N)c1. The molecule has 0 atom stereocenters. The third-order valence-corrected chi connectivity index (χ3v) is 2.50. The number of aryl methyl sites for hydroxylation is 1. The summed E-state index contributed by atoms with van der Waals surface area (Å²) in [4.78, 5) is 17.5. The van der Waals surface area contributed by atoms with Gasteiger partial charge in [-0.05, 0) is 25.1 Å². The number of oxazole rings is 1. The lowest BCUT2D eigenvalue weighted by Gasteiger charge is -2.16. The highest BCUT2D eigenvalue weighted by Crippen LogP contribution is 2.19. The lowest BCUT2D eigenvalue weighted by molar-refractivity contribution is 0.0965. The van der Waals surface area contributed by atoms with Crippen LogP contribution in [-0.4, -0.2) is 17.9 Å². The molecule has 0 aliphatic rings. The first-order valence-electron chi connectivity index (χ1n) is 5.13. The van der Waals surface area contributed by atoms with Crippen molar-refractivity contribution in [1.29, 1.82) is 0 Å². The van der Waals surface area contributed by atoms with Crippen molar-refractivity contribution in [1.82, 2.24) is 4.98 Å². The zero-order valence-corrected chi connectivity index (χ0v) is 9.68. The van der Waals surface area contributed by atoms with Crippen molar-refractivity contribution in [3.63, 3.8) is 0 Å². The van der Waals surface area contributed by atoms with Gasteiger partial charge in [0, 0.05) is 18.4 Å². The van der Waals surface area contributed by atoms with Crippen LogP contribution in [0.1, 0.15) is 16.2 Å². The topological polar surface area (TPSA) is 72.4 Å². The average molecular weight is 231 g/mol. The highest BCUT2D eigenvalue weighted by atomic mass is 16.3. The van der Waals surface area contributed by atoms with Crippen LogP contribution in [0.2, 0.25) is 0 Å². The predicted octanol–water partition coefficient (Wildman–Crippen LogP) is 1.84. The number of benzene rings is 1. The summed E-state index contributed by atoms with van der Waals surface area (Å²) in [6, 6.07) is 7.09. The maximum absolute atomic E-state index is 12.1. The number of rotatable bonds is 2. The second-order valence-electron chi connectivity index (χ2n) is 3.73. The smallest absolute Gasteiger partial charge is 0.295 e. The van der Waals surface area contributed by atoms with E-state index in [2.05, 4.69) is 4.98 Å². The highest BCUT2D eigenvalue weighted by molar-refractivity contribution is 6.04. The van der Waals surface area contributed by atoms with Crippen molar-refractivity contribution in [2.24, 2.45) is 0 Å². The lowest BCUT2D eigenvalue weighted by atomic mass is 10.2. The minimum Gasteiger partial charge on any atom is -0.438 e. The Bertz CT molecular complexity index is 548. The molecule has 2 aromatic rings. The highest BCUT2D eigenvalue weighted by Gasteiger charge is 2.19. The molecule has 0 fully saturated rings. The number of nitrogens with two attached hydrogens (primary N) is 1. The van der Waals surface area contributed by atoms with Gasteiger partial charge in [0.25, 0.3) is 5.91 Å². The van der Waals surface area contributed by atoms with Crippen LogP contribution in [0.15, 0.2) is 35.1 Å². The van der Waals surface area contributed by atoms with Crippen LogP contribution >= 0.6 is 0 Å². The lowest BCUT2D eigenvalue weighted by Crippen LogP contribution is -2.26. The Morgan fingerprint density at radius 2 is 2.24 bits per heavy atom. The summed E-state index contributed by atoms with van der Waals surface area (Å²) in [5.74, 6) is 0.000486. The van der Waals surface area contributed by atoms with E-state index in [0.29, 0.717) is 17.1 Å². The van der Waals surface area contributed by atoms with Gasteiger partial charge in [0.1, 0.15) is 0 Å². The van der Waals surface area contributed by atoms with Gasteiger partial charge >= 0.3 is 0 Å². The molecule has 1 aromatic heterocycles. The minimum absolute atomic E-state index is 0.245. The molecule has 2 rings (SSSR count). The minimum atomic E-state index is -0.245. The van der Waals surface area contributed by atoms with Gasteiger partial charge in [-0.1, -0.05) is 6.07 Å². The number of hydrogen-bond acceptors (Lipinski definition) is 4. The van der Waals surface area contributed by atoms with Gasteiger partial charge in [0.2, 0.25) is 5.76 Å². The molecule has 88 valence electrons. The average Bonchev–Trinajstić information content (AvgIpc) is 2.73. The monoisotopic (exact) mass is 231 g/mol. The molecular weight excluding hydrogens is 218 g/mol. The van der Waals surface area contributed by atoms with E-state index in [-0.39, 0.29) is 11.7 Å². The number of nitrogens with zero attached hydrogens (tertiary/aromatic N) is 2. The first kappa shape index (κ1) is 11.2. The van der Waals surface area contributed by atoms with Gasteiger partial charge < -0.3 is 15.1 Å². The molecule has 0 spiro atoms. The Balaban J connectivity index is 2.30. The Labute approximate surface area is 98.9 Å². The number of hydrogen-bond donors (Lipinski definition) is 1. The Kier molecular flexibility index (Phi) is 2.82. The largest absolute Gasteiger partial charge is 0.438 e. The standard InChI is InChI=1S/C12H13N3O2/c1-8-11(17-7-14-8)12(16)15(2)10-5-3-4-9(13)6-10/h3-7H,13H2,1-2H3. The van der Waals surface area contributed by atoms with E-state index in [9.17, 15) is 4.79 Å². The molecule has 2 N–H and O–H groups in total. The summed E-state index contributed by atoms with van der Waals surface area (Å²) >= 11 is 0. The number of aromatic nitrogens is 1. The summed E-state index contributed by atoms with van der Waals surface area (Å²) in [6.45, 7) is 1.73. The molecule has 0 bridgehead atoms. The fraction of sp³-hybridized carbons (Fsp3) is 0.167. The second kappa shape index (κ2) is 4.29. The third kappa shape index (κ3) is 2.13.